The summed E-state index contributed by atoms with van der Waals surface area (Å²) in [6.45, 7) is 1.59. The second-order valence-electron chi connectivity index (χ2n) is 4.52. The number of carboxylic acids is 1. The van der Waals surface area contributed by atoms with Crippen molar-refractivity contribution in [1.29, 1.82) is 0 Å². The summed E-state index contributed by atoms with van der Waals surface area (Å²) in [6, 6.07) is 6.72. The second-order valence-corrected chi connectivity index (χ2v) is 4.96. The zero-order valence-corrected chi connectivity index (χ0v) is 11.7. The molecule has 0 atom stereocenters. The lowest BCUT2D eigenvalue weighted by molar-refractivity contribution is 0.0688. The fourth-order valence-corrected chi connectivity index (χ4v) is 2.60. The molecule has 0 unspecified atom stereocenters. The Morgan fingerprint density at radius 2 is 2.19 bits per heavy atom. The van der Waals surface area contributed by atoms with E-state index >= 15 is 0 Å². The van der Waals surface area contributed by atoms with Crippen LogP contribution in [0, 0.1) is 6.92 Å². The number of nitrogens with one attached hydrogen (secondary N) is 1. The van der Waals surface area contributed by atoms with E-state index in [0.717, 1.165) is 0 Å². The van der Waals surface area contributed by atoms with Crippen molar-refractivity contribution in [1.82, 2.24) is 14.5 Å². The number of aromatic nitrogens is 3. The SMILES string of the molecule is Cc1c(C(=O)O)n(-c2cccc(Cl)c2)c2nc[nH]c(=O)c12. The first-order valence-electron chi connectivity index (χ1n) is 6.08. The van der Waals surface area contributed by atoms with Crippen LogP contribution in [-0.4, -0.2) is 25.6 Å². The molecule has 3 rings (SSSR count). The van der Waals surface area contributed by atoms with Crippen LogP contribution in [0.4, 0.5) is 0 Å². The molecule has 21 heavy (non-hydrogen) atoms. The molecule has 2 aromatic heterocycles. The smallest absolute Gasteiger partial charge is 0.353 e. The second kappa shape index (κ2) is 4.75. The third-order valence-corrected chi connectivity index (χ3v) is 3.50. The van der Waals surface area contributed by atoms with Gasteiger partial charge in [0.2, 0.25) is 0 Å². The summed E-state index contributed by atoms with van der Waals surface area (Å²) in [5.41, 5.74) is 0.816. The number of hydrogen-bond acceptors (Lipinski definition) is 3. The molecule has 2 N–H and O–H groups in total. The molecule has 0 amide bonds. The highest BCUT2D eigenvalue weighted by atomic mass is 35.5. The number of nitrogens with zero attached hydrogens (tertiary/aromatic N) is 2. The Hall–Kier alpha value is -2.60. The summed E-state index contributed by atoms with van der Waals surface area (Å²) in [6.07, 6.45) is 1.25. The lowest BCUT2D eigenvalue weighted by Crippen LogP contribution is -2.08. The van der Waals surface area contributed by atoms with Crippen LogP contribution < -0.4 is 5.56 Å². The molecular weight excluding hydrogens is 294 g/mol. The number of hydrogen-bond donors (Lipinski definition) is 2. The minimum atomic E-state index is -1.13. The summed E-state index contributed by atoms with van der Waals surface area (Å²) in [5.74, 6) is -1.13. The molecule has 2 heterocycles. The maximum atomic E-state index is 12.0. The summed E-state index contributed by atoms with van der Waals surface area (Å²) in [5, 5.41) is 10.2. The summed E-state index contributed by atoms with van der Waals surface area (Å²) >= 11 is 5.97. The van der Waals surface area contributed by atoms with Crippen LogP contribution in [0.5, 0.6) is 0 Å². The Balaban J connectivity index is 2.52. The number of carbonyl (C=O) groups is 1. The summed E-state index contributed by atoms with van der Waals surface area (Å²) in [7, 11) is 0. The first kappa shape index (κ1) is 13.4. The molecule has 0 bridgehead atoms. The van der Waals surface area contributed by atoms with Gasteiger partial charge in [-0.3, -0.25) is 9.36 Å². The topological polar surface area (TPSA) is 88.0 Å². The Kier molecular flexibility index (Phi) is 3.03. The largest absolute Gasteiger partial charge is 0.477 e. The van der Waals surface area contributed by atoms with Crippen LogP contribution in [0.25, 0.3) is 16.7 Å². The van der Waals surface area contributed by atoms with Gasteiger partial charge in [-0.2, -0.15) is 0 Å². The number of aromatic amines is 1. The number of fused-ring (bicyclic) bond motifs is 1. The van der Waals surface area contributed by atoms with E-state index in [4.69, 9.17) is 11.6 Å². The maximum Gasteiger partial charge on any atom is 0.353 e. The lowest BCUT2D eigenvalue weighted by Gasteiger charge is -2.08. The minimum absolute atomic E-state index is 0.00327. The molecular formula is C14H10ClN3O3. The maximum absolute atomic E-state index is 12.0. The fraction of sp³-hybridized carbons (Fsp3) is 0.0714. The van der Waals surface area contributed by atoms with Crippen LogP contribution in [0.15, 0.2) is 35.4 Å². The van der Waals surface area contributed by atoms with Crippen LogP contribution >= 0.6 is 11.6 Å². The standard InChI is InChI=1S/C14H10ClN3O3/c1-7-10-12(16-6-17-13(10)19)18(11(7)14(20)21)9-4-2-3-8(15)5-9/h2-6H,1H3,(H,20,21)(H,16,17,19). The normalized spacial score (nSPS) is 11.0. The van der Waals surface area contributed by atoms with Gasteiger partial charge in [0.1, 0.15) is 5.69 Å². The monoisotopic (exact) mass is 303 g/mol. The van der Waals surface area contributed by atoms with E-state index in [-0.39, 0.29) is 22.3 Å². The summed E-state index contributed by atoms with van der Waals surface area (Å²) in [4.78, 5) is 30.1. The quantitative estimate of drug-likeness (QED) is 0.761. The average Bonchev–Trinajstić information content (AvgIpc) is 2.73. The number of rotatable bonds is 2. The molecule has 0 aliphatic carbocycles. The van der Waals surface area contributed by atoms with Gasteiger partial charge >= 0.3 is 5.97 Å². The van der Waals surface area contributed by atoms with Gasteiger partial charge in [-0.15, -0.1) is 0 Å². The molecule has 6 nitrogen and oxygen atoms in total. The minimum Gasteiger partial charge on any atom is -0.477 e. The van der Waals surface area contributed by atoms with Crippen molar-refractivity contribution in [3.05, 3.63) is 57.2 Å². The van der Waals surface area contributed by atoms with E-state index < -0.39 is 5.97 Å². The van der Waals surface area contributed by atoms with E-state index in [1.165, 1.54) is 10.9 Å². The number of aryl methyl sites for hydroxylation is 1. The van der Waals surface area contributed by atoms with E-state index in [9.17, 15) is 14.7 Å². The number of H-pyrrole nitrogens is 1. The van der Waals surface area contributed by atoms with Crippen molar-refractivity contribution < 1.29 is 9.90 Å². The number of aromatic carboxylic acids is 1. The van der Waals surface area contributed by atoms with Crippen LogP contribution in [-0.2, 0) is 0 Å². The summed E-state index contributed by atoms with van der Waals surface area (Å²) < 4.78 is 1.42. The molecule has 1 aromatic carbocycles. The van der Waals surface area contributed by atoms with Gasteiger partial charge in [0.25, 0.3) is 5.56 Å². The zero-order valence-electron chi connectivity index (χ0n) is 10.9. The highest BCUT2D eigenvalue weighted by Gasteiger charge is 2.23. The van der Waals surface area contributed by atoms with E-state index in [1.54, 1.807) is 31.2 Å². The van der Waals surface area contributed by atoms with Crippen molar-refractivity contribution in [2.24, 2.45) is 0 Å². The average molecular weight is 304 g/mol. The lowest BCUT2D eigenvalue weighted by atomic mass is 10.2. The van der Waals surface area contributed by atoms with E-state index in [2.05, 4.69) is 9.97 Å². The number of halogens is 1. The third kappa shape index (κ3) is 2.00. The molecule has 7 heteroatoms. The van der Waals surface area contributed by atoms with Crippen LogP contribution in [0.1, 0.15) is 16.1 Å². The first-order valence-corrected chi connectivity index (χ1v) is 6.46. The molecule has 0 saturated carbocycles. The van der Waals surface area contributed by atoms with Crippen molar-refractivity contribution in [2.75, 3.05) is 0 Å². The van der Waals surface area contributed by atoms with Crippen molar-refractivity contribution in [3.63, 3.8) is 0 Å². The van der Waals surface area contributed by atoms with Gasteiger partial charge in [-0.05, 0) is 30.7 Å². The molecule has 106 valence electrons. The predicted molar refractivity (Wildman–Crippen MR) is 78.4 cm³/mol. The Labute approximate surface area is 123 Å². The number of carboxylic acid groups (broad SMARTS) is 1. The molecule has 0 fully saturated rings. The van der Waals surface area contributed by atoms with Gasteiger partial charge in [0.15, 0.2) is 5.65 Å². The van der Waals surface area contributed by atoms with Gasteiger partial charge in [0.05, 0.1) is 11.7 Å². The zero-order chi connectivity index (χ0) is 15.1. The van der Waals surface area contributed by atoms with Gasteiger partial charge in [-0.25, -0.2) is 9.78 Å². The molecule has 0 spiro atoms. The molecule has 0 saturated heterocycles. The van der Waals surface area contributed by atoms with Crippen molar-refractivity contribution in [2.45, 2.75) is 6.92 Å². The van der Waals surface area contributed by atoms with Crippen molar-refractivity contribution >= 4 is 28.6 Å². The third-order valence-electron chi connectivity index (χ3n) is 3.27. The van der Waals surface area contributed by atoms with Crippen LogP contribution in [0.3, 0.4) is 0 Å². The predicted octanol–water partition coefficient (Wildman–Crippen LogP) is 2.37. The number of benzene rings is 1. The fourth-order valence-electron chi connectivity index (χ4n) is 2.41. The van der Waals surface area contributed by atoms with Gasteiger partial charge in [-0.1, -0.05) is 17.7 Å². The molecule has 0 radical (unpaired) electrons. The van der Waals surface area contributed by atoms with Crippen LogP contribution in [0.2, 0.25) is 5.02 Å². The highest BCUT2D eigenvalue weighted by Crippen LogP contribution is 2.26. The van der Waals surface area contributed by atoms with E-state index in [0.29, 0.717) is 16.3 Å². The highest BCUT2D eigenvalue weighted by molar-refractivity contribution is 6.30. The van der Waals surface area contributed by atoms with Crippen molar-refractivity contribution in [3.8, 4) is 5.69 Å². The Morgan fingerprint density at radius 1 is 1.43 bits per heavy atom. The molecule has 0 aliphatic rings. The first-order chi connectivity index (χ1) is 10.0. The Bertz CT molecular complexity index is 927. The van der Waals surface area contributed by atoms with E-state index in [1.807, 2.05) is 0 Å². The molecule has 0 aliphatic heterocycles. The Morgan fingerprint density at radius 3 is 2.86 bits per heavy atom. The van der Waals surface area contributed by atoms with Gasteiger partial charge in [0, 0.05) is 10.7 Å². The van der Waals surface area contributed by atoms with Gasteiger partial charge < -0.3 is 10.1 Å². The molecule has 3 aromatic rings.